The molecule has 0 bridgehead atoms. The smallest absolute Gasteiger partial charge is 0.170 e. The Morgan fingerprint density at radius 3 is 2.67 bits per heavy atom. The first kappa shape index (κ1) is 13.1. The highest BCUT2D eigenvalue weighted by atomic mass is 79.9. The first-order valence-electron chi connectivity index (χ1n) is 5.36. The number of halogens is 2. The lowest BCUT2D eigenvalue weighted by Crippen LogP contribution is -2.10. The summed E-state index contributed by atoms with van der Waals surface area (Å²) in [6, 6.07) is 7.69. The van der Waals surface area contributed by atoms with Gasteiger partial charge in [-0.3, -0.25) is 0 Å². The molecule has 3 N–H and O–H groups in total. The largest absolute Gasteiger partial charge is 0.381 e. The molecule has 1 aromatic heterocycles. The van der Waals surface area contributed by atoms with Gasteiger partial charge >= 0.3 is 0 Å². The molecular formula is C12H12BrClN4. The molecule has 0 unspecified atom stereocenters. The Morgan fingerprint density at radius 1 is 1.33 bits per heavy atom. The lowest BCUT2D eigenvalue weighted by molar-refractivity contribution is 0.871. The highest BCUT2D eigenvalue weighted by Crippen LogP contribution is 2.23. The Morgan fingerprint density at radius 2 is 2.00 bits per heavy atom. The van der Waals surface area contributed by atoms with Crippen LogP contribution < -0.4 is 11.1 Å². The summed E-state index contributed by atoms with van der Waals surface area (Å²) in [4.78, 5) is 8.27. The van der Waals surface area contributed by atoms with Crippen molar-refractivity contribution in [1.82, 2.24) is 9.97 Å². The van der Waals surface area contributed by atoms with Crippen molar-refractivity contribution in [2.75, 3.05) is 11.1 Å². The van der Waals surface area contributed by atoms with Crippen LogP contribution in [-0.2, 0) is 0 Å². The first-order valence-corrected chi connectivity index (χ1v) is 6.53. The van der Waals surface area contributed by atoms with Gasteiger partial charge in [-0.1, -0.05) is 23.7 Å². The zero-order chi connectivity index (χ0) is 13.1. The number of hydrogen-bond donors (Lipinski definition) is 2. The topological polar surface area (TPSA) is 63.8 Å². The number of nitrogen functional groups attached to an aromatic ring is 1. The summed E-state index contributed by atoms with van der Waals surface area (Å²) in [6.45, 7) is 2.02. The number of aromatic nitrogens is 2. The molecule has 6 heteroatoms. The highest BCUT2D eigenvalue weighted by Gasteiger charge is 2.09. The minimum absolute atomic E-state index is 0.0631. The second-order valence-electron chi connectivity index (χ2n) is 3.84. The van der Waals surface area contributed by atoms with Gasteiger partial charge < -0.3 is 11.1 Å². The molecule has 2 rings (SSSR count). The molecule has 18 heavy (non-hydrogen) atoms. The molecule has 4 nitrogen and oxygen atoms in total. The van der Waals surface area contributed by atoms with E-state index in [1.807, 2.05) is 31.2 Å². The van der Waals surface area contributed by atoms with Crippen LogP contribution in [0.3, 0.4) is 0 Å². The Kier molecular flexibility index (Phi) is 4.04. The van der Waals surface area contributed by atoms with E-state index in [0.29, 0.717) is 21.3 Å². The van der Waals surface area contributed by atoms with E-state index in [9.17, 15) is 0 Å². The van der Waals surface area contributed by atoms with E-state index in [2.05, 4.69) is 31.2 Å². The third-order valence-electron chi connectivity index (χ3n) is 2.49. The summed E-state index contributed by atoms with van der Waals surface area (Å²) < 4.78 is 0.641. The van der Waals surface area contributed by atoms with Crippen molar-refractivity contribution in [2.45, 2.75) is 13.0 Å². The van der Waals surface area contributed by atoms with Crippen molar-refractivity contribution in [3.05, 3.63) is 45.7 Å². The number of nitrogens with one attached hydrogen (secondary N) is 1. The standard InChI is InChI=1S/C12H12BrClN4/c1-7(8-2-4-9(14)5-3-8)17-12-11(15)16-6-10(13)18-12/h2-7H,1H3,(H2,15,16)(H,17,18)/t7-/m1/s1. The normalized spacial score (nSPS) is 12.2. The fourth-order valence-corrected chi connectivity index (χ4v) is 1.93. The van der Waals surface area contributed by atoms with Crippen molar-refractivity contribution in [1.29, 1.82) is 0 Å². The van der Waals surface area contributed by atoms with Crippen LogP contribution >= 0.6 is 27.5 Å². The zero-order valence-electron chi connectivity index (χ0n) is 9.69. The van der Waals surface area contributed by atoms with Crippen molar-refractivity contribution in [3.8, 4) is 0 Å². The molecule has 0 aliphatic rings. The maximum atomic E-state index is 5.85. The fourth-order valence-electron chi connectivity index (χ4n) is 1.52. The molecule has 0 aliphatic carbocycles. The number of benzene rings is 1. The number of anilines is 2. The van der Waals surface area contributed by atoms with Crippen LogP contribution in [0.5, 0.6) is 0 Å². The van der Waals surface area contributed by atoms with E-state index in [4.69, 9.17) is 17.3 Å². The SMILES string of the molecule is C[C@@H](Nc1nc(Br)cnc1N)c1ccc(Cl)cc1. The highest BCUT2D eigenvalue weighted by molar-refractivity contribution is 9.10. The maximum Gasteiger partial charge on any atom is 0.170 e. The second-order valence-corrected chi connectivity index (χ2v) is 5.09. The van der Waals surface area contributed by atoms with Gasteiger partial charge in [0.25, 0.3) is 0 Å². The van der Waals surface area contributed by atoms with Gasteiger partial charge in [-0.2, -0.15) is 0 Å². The number of nitrogens with two attached hydrogens (primary N) is 1. The Labute approximate surface area is 119 Å². The molecular weight excluding hydrogens is 316 g/mol. The van der Waals surface area contributed by atoms with Crippen molar-refractivity contribution in [3.63, 3.8) is 0 Å². The number of nitrogens with zero attached hydrogens (tertiary/aromatic N) is 2. The van der Waals surface area contributed by atoms with Crippen molar-refractivity contribution in [2.24, 2.45) is 0 Å². The van der Waals surface area contributed by atoms with Gasteiger partial charge in [0, 0.05) is 5.02 Å². The lowest BCUT2D eigenvalue weighted by Gasteiger charge is -2.16. The summed E-state index contributed by atoms with van der Waals surface area (Å²) in [5, 5.41) is 3.93. The fraction of sp³-hybridized carbons (Fsp3) is 0.167. The third kappa shape index (κ3) is 3.11. The van der Waals surface area contributed by atoms with Crippen LogP contribution in [-0.4, -0.2) is 9.97 Å². The summed E-state index contributed by atoms with van der Waals surface area (Å²) >= 11 is 9.12. The number of hydrogen-bond acceptors (Lipinski definition) is 4. The van der Waals surface area contributed by atoms with Gasteiger partial charge in [-0.05, 0) is 40.5 Å². The molecule has 94 valence electrons. The third-order valence-corrected chi connectivity index (χ3v) is 3.13. The van der Waals surface area contributed by atoms with Crippen LogP contribution in [0, 0.1) is 0 Å². The molecule has 0 radical (unpaired) electrons. The lowest BCUT2D eigenvalue weighted by atomic mass is 10.1. The molecule has 1 aromatic carbocycles. The molecule has 0 aliphatic heterocycles. The molecule has 0 amide bonds. The van der Waals surface area contributed by atoms with Crippen LogP contribution in [0.4, 0.5) is 11.6 Å². The average molecular weight is 328 g/mol. The molecule has 0 saturated heterocycles. The first-order chi connectivity index (χ1) is 8.56. The van der Waals surface area contributed by atoms with E-state index in [1.165, 1.54) is 0 Å². The van der Waals surface area contributed by atoms with Gasteiger partial charge in [-0.15, -0.1) is 0 Å². The van der Waals surface area contributed by atoms with Crippen LogP contribution in [0.1, 0.15) is 18.5 Å². The molecule has 0 fully saturated rings. The molecule has 1 heterocycles. The molecule has 2 aromatic rings. The van der Waals surface area contributed by atoms with E-state index >= 15 is 0 Å². The van der Waals surface area contributed by atoms with Crippen LogP contribution in [0.2, 0.25) is 5.02 Å². The summed E-state index contributed by atoms with van der Waals surface area (Å²) in [5.41, 5.74) is 6.86. The Bertz CT molecular complexity index is 544. The van der Waals surface area contributed by atoms with Crippen molar-refractivity contribution >= 4 is 39.2 Å². The summed E-state index contributed by atoms with van der Waals surface area (Å²) in [7, 11) is 0. The Balaban J connectivity index is 2.18. The van der Waals surface area contributed by atoms with E-state index in [1.54, 1.807) is 6.20 Å². The van der Waals surface area contributed by atoms with Crippen LogP contribution in [0.15, 0.2) is 35.1 Å². The zero-order valence-corrected chi connectivity index (χ0v) is 12.0. The van der Waals surface area contributed by atoms with Gasteiger partial charge in [0.05, 0.1) is 12.2 Å². The van der Waals surface area contributed by atoms with Crippen LogP contribution in [0.25, 0.3) is 0 Å². The van der Waals surface area contributed by atoms with Gasteiger partial charge in [0.1, 0.15) is 4.60 Å². The number of rotatable bonds is 3. The second kappa shape index (κ2) is 5.54. The maximum absolute atomic E-state index is 5.85. The quantitative estimate of drug-likeness (QED) is 0.903. The predicted octanol–water partition coefficient (Wildman–Crippen LogP) is 3.65. The minimum atomic E-state index is 0.0631. The van der Waals surface area contributed by atoms with Gasteiger partial charge in [0.15, 0.2) is 11.6 Å². The van der Waals surface area contributed by atoms with E-state index in [-0.39, 0.29) is 6.04 Å². The van der Waals surface area contributed by atoms with E-state index < -0.39 is 0 Å². The van der Waals surface area contributed by atoms with E-state index in [0.717, 1.165) is 5.56 Å². The Hall–Kier alpha value is -1.33. The predicted molar refractivity (Wildman–Crippen MR) is 77.6 cm³/mol. The molecule has 0 saturated carbocycles. The average Bonchev–Trinajstić information content (AvgIpc) is 2.34. The minimum Gasteiger partial charge on any atom is -0.381 e. The molecule has 0 spiro atoms. The van der Waals surface area contributed by atoms with Crippen molar-refractivity contribution < 1.29 is 0 Å². The molecule has 1 atom stereocenters. The monoisotopic (exact) mass is 326 g/mol. The summed E-state index contributed by atoms with van der Waals surface area (Å²) in [6.07, 6.45) is 1.56. The van der Waals surface area contributed by atoms with Gasteiger partial charge in [0.2, 0.25) is 0 Å². The summed E-state index contributed by atoms with van der Waals surface area (Å²) in [5.74, 6) is 0.936. The van der Waals surface area contributed by atoms with Gasteiger partial charge in [-0.25, -0.2) is 9.97 Å².